The maximum absolute atomic E-state index is 12.8. The van der Waals surface area contributed by atoms with E-state index < -0.39 is 11.9 Å². The summed E-state index contributed by atoms with van der Waals surface area (Å²) in [4.78, 5) is 46.3. The topological polar surface area (TPSA) is 130 Å². The summed E-state index contributed by atoms with van der Waals surface area (Å²) in [6.07, 6.45) is 2.23. The molecule has 1 saturated heterocycles. The minimum Gasteiger partial charge on any atom is -0.366 e. The first-order valence-corrected chi connectivity index (χ1v) is 9.08. The molecule has 3 heterocycles. The molecule has 3 amide bonds. The molecule has 0 radical (unpaired) electrons. The van der Waals surface area contributed by atoms with E-state index in [1.807, 2.05) is 12.1 Å². The molecule has 2 aliphatic rings. The zero-order chi connectivity index (χ0) is 19.7. The van der Waals surface area contributed by atoms with E-state index in [1.165, 1.54) is 0 Å². The number of carbonyl (C=O) groups is 3. The van der Waals surface area contributed by atoms with Gasteiger partial charge in [0, 0.05) is 31.3 Å². The lowest BCUT2D eigenvalue weighted by Gasteiger charge is -2.29. The number of fused-ring (bicyclic) bond motifs is 1. The van der Waals surface area contributed by atoms with Crippen LogP contribution in [0.4, 0.5) is 5.82 Å². The highest BCUT2D eigenvalue weighted by Gasteiger charge is 2.39. The van der Waals surface area contributed by atoms with Crippen molar-refractivity contribution in [1.82, 2.24) is 20.2 Å². The molecule has 1 aromatic heterocycles. The molecule has 1 aromatic carbocycles. The molecule has 0 saturated carbocycles. The van der Waals surface area contributed by atoms with Crippen molar-refractivity contribution in [3.05, 3.63) is 53.0 Å². The molecule has 0 spiro atoms. The van der Waals surface area contributed by atoms with Gasteiger partial charge in [-0.25, -0.2) is 9.97 Å². The predicted octanol–water partition coefficient (Wildman–Crippen LogP) is 0.308. The van der Waals surface area contributed by atoms with Gasteiger partial charge in [-0.15, -0.1) is 0 Å². The first-order valence-electron chi connectivity index (χ1n) is 9.08. The minimum atomic E-state index is -0.618. The van der Waals surface area contributed by atoms with Gasteiger partial charge in [0.05, 0.1) is 6.54 Å². The maximum Gasteiger partial charge on any atom is 0.255 e. The number of hydrogen-bond donors (Lipinski definition) is 3. The summed E-state index contributed by atoms with van der Waals surface area (Å²) in [5.41, 5.74) is 8.00. The van der Waals surface area contributed by atoms with Crippen molar-refractivity contribution < 1.29 is 14.4 Å². The Kier molecular flexibility index (Phi) is 4.74. The number of hydrogen-bond acceptors (Lipinski definition) is 7. The van der Waals surface area contributed by atoms with Crippen LogP contribution in [0.3, 0.4) is 0 Å². The van der Waals surface area contributed by atoms with Crippen LogP contribution in [0.15, 0.2) is 30.5 Å². The first kappa shape index (κ1) is 18.1. The second kappa shape index (κ2) is 7.35. The number of nitrogens with two attached hydrogens (primary N) is 1. The zero-order valence-corrected chi connectivity index (χ0v) is 15.1. The monoisotopic (exact) mass is 380 g/mol. The highest BCUT2D eigenvalue weighted by Crippen LogP contribution is 2.30. The standard InChI is InChI=1S/C19H20N6O3/c20-8-16-21-7-6-15(23-16)22-9-11-2-1-3-12-13(11)10-25(19(12)28)14-4-5-17(26)24-18(14)27/h1-3,6-7,14H,4-5,8-10,20H2,(H,21,22,23)(H,24,26,27). The molecule has 9 nitrogen and oxygen atoms in total. The van der Waals surface area contributed by atoms with Crippen LogP contribution in [0.1, 0.15) is 40.2 Å². The van der Waals surface area contributed by atoms with Gasteiger partial charge >= 0.3 is 0 Å². The van der Waals surface area contributed by atoms with Gasteiger partial charge in [0.15, 0.2) is 0 Å². The number of imide groups is 1. The molecule has 4 rings (SSSR count). The number of nitrogens with zero attached hydrogens (tertiary/aromatic N) is 3. The number of benzene rings is 1. The van der Waals surface area contributed by atoms with Crippen LogP contribution < -0.4 is 16.4 Å². The molecule has 1 fully saturated rings. The van der Waals surface area contributed by atoms with Gasteiger partial charge in [-0.1, -0.05) is 12.1 Å². The Bertz CT molecular complexity index is 960. The summed E-state index contributed by atoms with van der Waals surface area (Å²) in [5.74, 6) is 0.310. The molecule has 1 atom stereocenters. The van der Waals surface area contributed by atoms with Crippen LogP contribution in [-0.2, 0) is 29.2 Å². The van der Waals surface area contributed by atoms with Crippen molar-refractivity contribution in [2.75, 3.05) is 5.32 Å². The first-order chi connectivity index (χ1) is 13.6. The Labute approximate surface area is 161 Å². The van der Waals surface area contributed by atoms with Crippen molar-refractivity contribution in [2.45, 2.75) is 38.5 Å². The SMILES string of the molecule is NCc1nccc(NCc2cccc3c2CN(C2CCC(=O)NC2=O)C3=O)n1. The summed E-state index contributed by atoms with van der Waals surface area (Å²) in [6, 6.07) is 6.67. The van der Waals surface area contributed by atoms with E-state index in [4.69, 9.17) is 5.73 Å². The minimum absolute atomic E-state index is 0.182. The second-order valence-corrected chi connectivity index (χ2v) is 6.76. The van der Waals surface area contributed by atoms with Crippen molar-refractivity contribution in [1.29, 1.82) is 0 Å². The van der Waals surface area contributed by atoms with Crippen LogP contribution in [0.2, 0.25) is 0 Å². The summed E-state index contributed by atoms with van der Waals surface area (Å²) in [5, 5.41) is 5.55. The molecule has 0 aliphatic carbocycles. The van der Waals surface area contributed by atoms with Crippen LogP contribution >= 0.6 is 0 Å². The number of rotatable bonds is 5. The molecule has 2 aliphatic heterocycles. The number of aromatic nitrogens is 2. The molecule has 1 unspecified atom stereocenters. The third-order valence-corrected chi connectivity index (χ3v) is 5.03. The smallest absolute Gasteiger partial charge is 0.255 e. The van der Waals surface area contributed by atoms with Gasteiger partial charge in [-0.05, 0) is 29.7 Å². The zero-order valence-electron chi connectivity index (χ0n) is 15.1. The maximum atomic E-state index is 12.8. The number of piperidine rings is 1. The van der Waals surface area contributed by atoms with E-state index in [1.54, 1.807) is 23.2 Å². The van der Waals surface area contributed by atoms with Crippen molar-refractivity contribution in [2.24, 2.45) is 5.73 Å². The largest absolute Gasteiger partial charge is 0.366 e. The Morgan fingerprint density at radius 2 is 2.11 bits per heavy atom. The van der Waals surface area contributed by atoms with Crippen LogP contribution in [0, 0.1) is 0 Å². The quantitative estimate of drug-likeness (QED) is 0.636. The normalized spacial score (nSPS) is 18.8. The fourth-order valence-electron chi connectivity index (χ4n) is 3.60. The van der Waals surface area contributed by atoms with E-state index in [0.717, 1.165) is 11.1 Å². The molecule has 28 heavy (non-hydrogen) atoms. The Balaban J connectivity index is 1.52. The Morgan fingerprint density at radius 3 is 2.89 bits per heavy atom. The lowest BCUT2D eigenvalue weighted by Crippen LogP contribution is -2.52. The van der Waals surface area contributed by atoms with Gasteiger partial charge in [0.2, 0.25) is 11.8 Å². The number of amides is 3. The molecule has 9 heteroatoms. The van der Waals surface area contributed by atoms with Gasteiger partial charge in [-0.2, -0.15) is 0 Å². The number of carbonyl (C=O) groups excluding carboxylic acids is 3. The van der Waals surface area contributed by atoms with E-state index in [0.29, 0.717) is 36.7 Å². The van der Waals surface area contributed by atoms with E-state index in [-0.39, 0.29) is 24.8 Å². The fraction of sp³-hybridized carbons (Fsp3) is 0.316. The van der Waals surface area contributed by atoms with Gasteiger partial charge in [0.1, 0.15) is 17.7 Å². The third kappa shape index (κ3) is 3.31. The lowest BCUT2D eigenvalue weighted by molar-refractivity contribution is -0.136. The predicted molar refractivity (Wildman–Crippen MR) is 99.7 cm³/mol. The van der Waals surface area contributed by atoms with Crippen LogP contribution in [-0.4, -0.2) is 38.6 Å². The summed E-state index contributed by atoms with van der Waals surface area (Å²) >= 11 is 0. The highest BCUT2D eigenvalue weighted by molar-refractivity contribution is 6.05. The van der Waals surface area contributed by atoms with Crippen molar-refractivity contribution in [3.8, 4) is 0 Å². The van der Waals surface area contributed by atoms with Gasteiger partial charge < -0.3 is 16.0 Å². The van der Waals surface area contributed by atoms with Crippen molar-refractivity contribution >= 4 is 23.5 Å². The highest BCUT2D eigenvalue weighted by atomic mass is 16.2. The lowest BCUT2D eigenvalue weighted by atomic mass is 10.0. The average molecular weight is 380 g/mol. The third-order valence-electron chi connectivity index (χ3n) is 5.03. The average Bonchev–Trinajstić information content (AvgIpc) is 3.04. The van der Waals surface area contributed by atoms with E-state index in [2.05, 4.69) is 20.6 Å². The van der Waals surface area contributed by atoms with Gasteiger partial charge in [-0.3, -0.25) is 19.7 Å². The fourth-order valence-corrected chi connectivity index (χ4v) is 3.60. The van der Waals surface area contributed by atoms with Crippen LogP contribution in [0.25, 0.3) is 0 Å². The molecular weight excluding hydrogens is 360 g/mol. The molecule has 4 N–H and O–H groups in total. The Morgan fingerprint density at radius 1 is 1.25 bits per heavy atom. The molecule has 2 aromatic rings. The number of anilines is 1. The number of nitrogens with one attached hydrogen (secondary N) is 2. The molecule has 144 valence electrons. The van der Waals surface area contributed by atoms with E-state index >= 15 is 0 Å². The molecule has 0 bridgehead atoms. The summed E-state index contributed by atoms with van der Waals surface area (Å²) in [7, 11) is 0. The van der Waals surface area contributed by atoms with Crippen LogP contribution in [0.5, 0.6) is 0 Å². The Hall–Kier alpha value is -3.33. The molecular formula is C19H20N6O3. The van der Waals surface area contributed by atoms with E-state index in [9.17, 15) is 14.4 Å². The summed E-state index contributed by atoms with van der Waals surface area (Å²) in [6.45, 7) is 1.07. The van der Waals surface area contributed by atoms with Crippen molar-refractivity contribution in [3.63, 3.8) is 0 Å². The second-order valence-electron chi connectivity index (χ2n) is 6.76. The van der Waals surface area contributed by atoms with Gasteiger partial charge in [0.25, 0.3) is 5.91 Å². The summed E-state index contributed by atoms with van der Waals surface area (Å²) < 4.78 is 0.